The summed E-state index contributed by atoms with van der Waals surface area (Å²) in [5.74, 6) is 0. The lowest BCUT2D eigenvalue weighted by Gasteiger charge is -2.31. The number of aryl methyl sites for hydroxylation is 1. The summed E-state index contributed by atoms with van der Waals surface area (Å²) in [6.45, 7) is 4.48. The van der Waals surface area contributed by atoms with E-state index in [2.05, 4.69) is 42.2 Å². The van der Waals surface area contributed by atoms with E-state index in [9.17, 15) is 0 Å². The van der Waals surface area contributed by atoms with Gasteiger partial charge in [-0.15, -0.1) is 0 Å². The van der Waals surface area contributed by atoms with Crippen LogP contribution in [0.15, 0.2) is 48.5 Å². The Bertz CT molecular complexity index is 577. The second-order valence-electron chi connectivity index (χ2n) is 5.46. The average molecular weight is 266 g/mol. The predicted octanol–water partition coefficient (Wildman–Crippen LogP) is 3.51. The number of nitrogens with zero attached hydrogens (tertiary/aromatic N) is 1. The number of rotatable bonds is 3. The van der Waals surface area contributed by atoms with Gasteiger partial charge in [-0.05, 0) is 42.5 Å². The minimum Gasteiger partial charge on any atom is -0.372 e. The molecule has 1 unspecified atom stereocenters. The highest BCUT2D eigenvalue weighted by atomic mass is 15.1. The minimum atomic E-state index is -0.0292. The summed E-state index contributed by atoms with van der Waals surface area (Å²) < 4.78 is 0. The molecule has 0 radical (unpaired) electrons. The lowest BCUT2D eigenvalue weighted by atomic mass is 9.94. The highest BCUT2D eigenvalue weighted by Crippen LogP contribution is 2.30. The maximum Gasteiger partial charge on any atom is 0.0551 e. The Morgan fingerprint density at radius 2 is 1.90 bits per heavy atom. The van der Waals surface area contributed by atoms with Crippen molar-refractivity contribution in [2.24, 2.45) is 5.73 Å². The quantitative estimate of drug-likeness (QED) is 0.921. The van der Waals surface area contributed by atoms with Crippen molar-refractivity contribution in [3.63, 3.8) is 0 Å². The van der Waals surface area contributed by atoms with Crippen molar-refractivity contribution in [2.75, 3.05) is 18.0 Å². The lowest BCUT2D eigenvalue weighted by molar-refractivity contribution is 0.705. The molecule has 0 aromatic heterocycles. The van der Waals surface area contributed by atoms with Gasteiger partial charge >= 0.3 is 0 Å². The van der Waals surface area contributed by atoms with Gasteiger partial charge in [0.1, 0.15) is 0 Å². The van der Waals surface area contributed by atoms with Crippen LogP contribution >= 0.6 is 0 Å². The predicted molar refractivity (Wildman–Crippen MR) is 85.1 cm³/mol. The van der Waals surface area contributed by atoms with Gasteiger partial charge in [0.25, 0.3) is 0 Å². The normalized spacial score (nSPS) is 15.8. The van der Waals surface area contributed by atoms with E-state index in [0.29, 0.717) is 0 Å². The smallest absolute Gasteiger partial charge is 0.0551 e. The van der Waals surface area contributed by atoms with E-state index in [1.807, 2.05) is 18.2 Å². The Morgan fingerprint density at radius 3 is 2.65 bits per heavy atom. The Labute approximate surface area is 121 Å². The van der Waals surface area contributed by atoms with Crippen molar-refractivity contribution in [1.82, 2.24) is 0 Å². The number of fused-ring (bicyclic) bond motifs is 1. The van der Waals surface area contributed by atoms with Crippen LogP contribution in [0.5, 0.6) is 0 Å². The first-order valence-electron chi connectivity index (χ1n) is 7.48. The summed E-state index contributed by atoms with van der Waals surface area (Å²) >= 11 is 0. The van der Waals surface area contributed by atoms with Crippen molar-refractivity contribution in [3.05, 3.63) is 65.2 Å². The first-order chi connectivity index (χ1) is 9.79. The summed E-state index contributed by atoms with van der Waals surface area (Å²) in [5, 5.41) is 0. The summed E-state index contributed by atoms with van der Waals surface area (Å²) in [4.78, 5) is 2.46. The Morgan fingerprint density at radius 1 is 1.10 bits per heavy atom. The van der Waals surface area contributed by atoms with E-state index in [1.165, 1.54) is 41.8 Å². The monoisotopic (exact) mass is 266 g/mol. The van der Waals surface area contributed by atoms with Gasteiger partial charge in [0.15, 0.2) is 0 Å². The Balaban J connectivity index is 1.92. The molecular weight excluding hydrogens is 244 g/mol. The van der Waals surface area contributed by atoms with Crippen LogP contribution in [0.25, 0.3) is 0 Å². The first kappa shape index (κ1) is 13.2. The zero-order valence-electron chi connectivity index (χ0n) is 12.0. The molecule has 20 heavy (non-hydrogen) atoms. The molecule has 104 valence electrons. The van der Waals surface area contributed by atoms with Gasteiger partial charge in [-0.25, -0.2) is 0 Å². The van der Waals surface area contributed by atoms with Crippen LogP contribution in [0.2, 0.25) is 0 Å². The number of hydrogen-bond donors (Lipinski definition) is 1. The van der Waals surface area contributed by atoms with Crippen LogP contribution in [0.3, 0.4) is 0 Å². The molecule has 2 aromatic carbocycles. The van der Waals surface area contributed by atoms with Crippen LogP contribution in [0, 0.1) is 0 Å². The van der Waals surface area contributed by atoms with E-state index >= 15 is 0 Å². The summed E-state index contributed by atoms with van der Waals surface area (Å²) in [5.41, 5.74) is 11.6. The largest absolute Gasteiger partial charge is 0.372 e. The lowest BCUT2D eigenvalue weighted by Crippen LogP contribution is -2.29. The molecule has 0 saturated carbocycles. The summed E-state index contributed by atoms with van der Waals surface area (Å²) in [6, 6.07) is 17.0. The standard InChI is InChI=1S/C18H22N2/c1-2-20-12-6-9-15-13-16(10-11-17(15)20)18(19)14-7-4-3-5-8-14/h3-5,7-8,10-11,13,18H,2,6,9,12,19H2,1H3. The van der Waals surface area contributed by atoms with Crippen LogP contribution in [0.4, 0.5) is 5.69 Å². The van der Waals surface area contributed by atoms with Gasteiger partial charge < -0.3 is 10.6 Å². The molecule has 0 bridgehead atoms. The maximum absolute atomic E-state index is 6.40. The van der Waals surface area contributed by atoms with Crippen molar-refractivity contribution in [1.29, 1.82) is 0 Å². The van der Waals surface area contributed by atoms with Gasteiger partial charge in [-0.2, -0.15) is 0 Å². The molecule has 1 aliphatic heterocycles. The Kier molecular flexibility index (Phi) is 3.75. The molecule has 2 nitrogen and oxygen atoms in total. The van der Waals surface area contributed by atoms with Gasteiger partial charge in [-0.1, -0.05) is 42.5 Å². The Hall–Kier alpha value is -1.80. The number of anilines is 1. The topological polar surface area (TPSA) is 29.3 Å². The molecule has 0 amide bonds. The summed E-state index contributed by atoms with van der Waals surface area (Å²) in [7, 11) is 0. The maximum atomic E-state index is 6.40. The molecule has 1 aliphatic rings. The van der Waals surface area contributed by atoms with Crippen LogP contribution < -0.4 is 10.6 Å². The molecule has 0 fully saturated rings. The van der Waals surface area contributed by atoms with E-state index in [0.717, 1.165) is 6.54 Å². The van der Waals surface area contributed by atoms with Crippen molar-refractivity contribution in [2.45, 2.75) is 25.8 Å². The fourth-order valence-corrected chi connectivity index (χ4v) is 3.07. The van der Waals surface area contributed by atoms with Crippen molar-refractivity contribution < 1.29 is 0 Å². The molecule has 0 spiro atoms. The van der Waals surface area contributed by atoms with Gasteiger partial charge in [-0.3, -0.25) is 0 Å². The molecular formula is C18H22N2. The second kappa shape index (κ2) is 5.68. The van der Waals surface area contributed by atoms with Crippen molar-refractivity contribution in [3.8, 4) is 0 Å². The third-order valence-electron chi connectivity index (χ3n) is 4.22. The molecule has 1 atom stereocenters. The third kappa shape index (κ3) is 2.44. The molecule has 0 aliphatic carbocycles. The SMILES string of the molecule is CCN1CCCc2cc(C(N)c3ccccc3)ccc21. The average Bonchev–Trinajstić information content (AvgIpc) is 2.53. The molecule has 2 aromatic rings. The fraction of sp³-hybridized carbons (Fsp3) is 0.333. The highest BCUT2D eigenvalue weighted by Gasteiger charge is 2.17. The fourth-order valence-electron chi connectivity index (χ4n) is 3.07. The van der Waals surface area contributed by atoms with E-state index in [1.54, 1.807) is 0 Å². The van der Waals surface area contributed by atoms with E-state index in [-0.39, 0.29) is 6.04 Å². The first-order valence-corrected chi connectivity index (χ1v) is 7.48. The molecule has 1 heterocycles. The minimum absolute atomic E-state index is 0.0292. The van der Waals surface area contributed by atoms with Crippen LogP contribution in [0.1, 0.15) is 36.1 Å². The number of benzene rings is 2. The molecule has 3 rings (SSSR count). The second-order valence-corrected chi connectivity index (χ2v) is 5.46. The number of nitrogens with two attached hydrogens (primary N) is 1. The van der Waals surface area contributed by atoms with Gasteiger partial charge in [0.05, 0.1) is 6.04 Å². The molecule has 0 saturated heterocycles. The highest BCUT2D eigenvalue weighted by molar-refractivity contribution is 5.57. The molecule has 2 heteroatoms. The zero-order valence-corrected chi connectivity index (χ0v) is 12.0. The number of hydrogen-bond acceptors (Lipinski definition) is 2. The van der Waals surface area contributed by atoms with E-state index < -0.39 is 0 Å². The van der Waals surface area contributed by atoms with Crippen molar-refractivity contribution >= 4 is 5.69 Å². The summed E-state index contributed by atoms with van der Waals surface area (Å²) in [6.07, 6.45) is 2.41. The van der Waals surface area contributed by atoms with Crippen LogP contribution in [-0.4, -0.2) is 13.1 Å². The van der Waals surface area contributed by atoms with E-state index in [4.69, 9.17) is 5.73 Å². The van der Waals surface area contributed by atoms with Gasteiger partial charge in [0.2, 0.25) is 0 Å². The third-order valence-corrected chi connectivity index (χ3v) is 4.22. The van der Waals surface area contributed by atoms with Gasteiger partial charge in [0, 0.05) is 18.8 Å². The zero-order chi connectivity index (χ0) is 13.9. The molecule has 2 N–H and O–H groups in total. The van der Waals surface area contributed by atoms with Crippen LogP contribution in [-0.2, 0) is 6.42 Å².